The van der Waals surface area contributed by atoms with Gasteiger partial charge in [0.1, 0.15) is 0 Å². The quantitative estimate of drug-likeness (QED) is 0.574. The van der Waals surface area contributed by atoms with Gasteiger partial charge < -0.3 is 14.7 Å². The van der Waals surface area contributed by atoms with Crippen molar-refractivity contribution in [3.05, 3.63) is 54.1 Å². The number of thiazole rings is 1. The van der Waals surface area contributed by atoms with Gasteiger partial charge in [-0.3, -0.25) is 4.79 Å². The Morgan fingerprint density at radius 2 is 1.72 bits per heavy atom. The van der Waals surface area contributed by atoms with Crippen molar-refractivity contribution in [2.24, 2.45) is 0 Å². The zero-order chi connectivity index (χ0) is 21.7. The van der Waals surface area contributed by atoms with E-state index in [-0.39, 0.29) is 11.3 Å². The van der Waals surface area contributed by atoms with Gasteiger partial charge in [-0.1, -0.05) is 41.7 Å². The first-order chi connectivity index (χ1) is 15.6. The minimum Gasteiger partial charge on any atom is -0.348 e. The number of hydrogen-bond donors (Lipinski definition) is 0. The summed E-state index contributed by atoms with van der Waals surface area (Å²) in [6.07, 6.45) is 4.70. The number of amides is 1. The molecule has 6 heteroatoms. The van der Waals surface area contributed by atoms with Crippen LogP contribution in [0, 0.1) is 0 Å². The van der Waals surface area contributed by atoms with Crippen LogP contribution in [0.5, 0.6) is 0 Å². The molecule has 3 aromatic rings. The van der Waals surface area contributed by atoms with Gasteiger partial charge in [-0.25, -0.2) is 4.98 Å². The lowest BCUT2D eigenvalue weighted by Gasteiger charge is -2.45. The molecule has 5 nitrogen and oxygen atoms in total. The van der Waals surface area contributed by atoms with E-state index in [0.717, 1.165) is 56.8 Å². The van der Waals surface area contributed by atoms with Crippen LogP contribution in [0.1, 0.15) is 38.2 Å². The molecule has 0 N–H and O–H groups in total. The van der Waals surface area contributed by atoms with Gasteiger partial charge in [0.2, 0.25) is 5.91 Å². The van der Waals surface area contributed by atoms with Crippen LogP contribution in [-0.4, -0.2) is 54.6 Å². The lowest BCUT2D eigenvalue weighted by atomic mass is 9.74. The number of aromatic nitrogens is 1. The molecule has 166 valence electrons. The number of piperidine rings is 2. The van der Waals surface area contributed by atoms with Crippen LogP contribution in [0.4, 0.5) is 10.8 Å². The molecule has 32 heavy (non-hydrogen) atoms. The summed E-state index contributed by atoms with van der Waals surface area (Å²) in [6, 6.07) is 17.7. The molecule has 0 radical (unpaired) electrons. The molecule has 0 aliphatic carbocycles. The van der Waals surface area contributed by atoms with Crippen molar-refractivity contribution in [3.8, 4) is 0 Å². The van der Waals surface area contributed by atoms with E-state index in [2.05, 4.69) is 58.3 Å². The van der Waals surface area contributed by atoms with Gasteiger partial charge >= 0.3 is 0 Å². The Hall–Kier alpha value is -2.44. The van der Waals surface area contributed by atoms with Gasteiger partial charge in [0.05, 0.1) is 10.2 Å². The molecule has 1 spiro atoms. The van der Waals surface area contributed by atoms with E-state index in [9.17, 15) is 4.79 Å². The summed E-state index contributed by atoms with van der Waals surface area (Å²) in [4.78, 5) is 24.3. The van der Waals surface area contributed by atoms with Gasteiger partial charge in [0.25, 0.3) is 0 Å². The molecule has 1 aromatic heterocycles. The lowest BCUT2D eigenvalue weighted by Crippen LogP contribution is -2.51. The summed E-state index contributed by atoms with van der Waals surface area (Å²) >= 11 is 1.82. The second-order valence-electron chi connectivity index (χ2n) is 9.62. The first-order valence-electron chi connectivity index (χ1n) is 11.9. The van der Waals surface area contributed by atoms with Gasteiger partial charge in [-0.15, -0.1) is 0 Å². The maximum absolute atomic E-state index is 12.3. The summed E-state index contributed by atoms with van der Waals surface area (Å²) < 4.78 is 1.28. The Morgan fingerprint density at radius 1 is 1.00 bits per heavy atom. The number of hydrogen-bond acceptors (Lipinski definition) is 5. The van der Waals surface area contributed by atoms with Crippen LogP contribution in [0.15, 0.2) is 48.5 Å². The number of likely N-dealkylation sites (tertiary alicyclic amines) is 1. The van der Waals surface area contributed by atoms with E-state index in [1.54, 1.807) is 6.92 Å². The Kier molecular flexibility index (Phi) is 4.95. The SMILES string of the molecule is CC(=O)N1CC2(CCN(C3CCN(c4nc5ccccc5s4)CC3)CC2)c2ccccc21. The summed E-state index contributed by atoms with van der Waals surface area (Å²) in [5.74, 6) is 0.166. The van der Waals surface area contributed by atoms with E-state index < -0.39 is 0 Å². The lowest BCUT2D eigenvalue weighted by molar-refractivity contribution is -0.116. The standard InChI is InChI=1S/C26H30N4OS/c1-19(31)30-18-26(21-6-2-4-8-23(21)30)12-16-28(17-13-26)20-10-14-29(15-11-20)25-27-22-7-3-5-9-24(22)32-25/h2-9,20H,10-18H2,1H3. The minimum absolute atomic E-state index is 0.139. The minimum atomic E-state index is 0.139. The van der Waals surface area contributed by atoms with E-state index >= 15 is 0 Å². The number of anilines is 2. The highest BCUT2D eigenvalue weighted by Gasteiger charge is 2.46. The summed E-state index contributed by atoms with van der Waals surface area (Å²) in [5.41, 5.74) is 3.78. The molecule has 3 aliphatic rings. The third-order valence-corrected chi connectivity index (χ3v) is 8.99. The van der Waals surface area contributed by atoms with Gasteiger partial charge in [-0.05, 0) is 62.5 Å². The summed E-state index contributed by atoms with van der Waals surface area (Å²) in [5, 5.41) is 1.18. The van der Waals surface area contributed by atoms with E-state index in [1.165, 1.54) is 28.2 Å². The summed E-state index contributed by atoms with van der Waals surface area (Å²) in [6.45, 7) is 6.99. The number of benzene rings is 2. The smallest absolute Gasteiger partial charge is 0.223 e. The number of carbonyl (C=O) groups is 1. The van der Waals surface area contributed by atoms with Crippen LogP contribution >= 0.6 is 11.3 Å². The van der Waals surface area contributed by atoms with Gasteiger partial charge in [0, 0.05) is 43.7 Å². The molecule has 4 heterocycles. The zero-order valence-electron chi connectivity index (χ0n) is 18.7. The van der Waals surface area contributed by atoms with E-state index in [1.807, 2.05) is 16.2 Å². The fourth-order valence-corrected chi connectivity index (χ4v) is 7.09. The number of rotatable bonds is 2. The predicted molar refractivity (Wildman–Crippen MR) is 132 cm³/mol. The van der Waals surface area contributed by atoms with Crippen molar-refractivity contribution in [3.63, 3.8) is 0 Å². The highest BCUT2D eigenvalue weighted by atomic mass is 32.1. The van der Waals surface area contributed by atoms with Gasteiger partial charge in [-0.2, -0.15) is 0 Å². The largest absolute Gasteiger partial charge is 0.348 e. The Labute approximate surface area is 193 Å². The fraction of sp³-hybridized carbons (Fsp3) is 0.462. The predicted octanol–water partition coefficient (Wildman–Crippen LogP) is 4.67. The Balaban J connectivity index is 1.10. The molecule has 0 unspecified atom stereocenters. The fourth-order valence-electron chi connectivity index (χ4n) is 6.07. The van der Waals surface area contributed by atoms with Crippen LogP contribution in [-0.2, 0) is 10.2 Å². The average molecular weight is 447 g/mol. The highest BCUT2D eigenvalue weighted by molar-refractivity contribution is 7.22. The van der Waals surface area contributed by atoms with E-state index in [0.29, 0.717) is 6.04 Å². The third-order valence-electron chi connectivity index (χ3n) is 7.90. The molecule has 2 aromatic carbocycles. The molecule has 0 saturated carbocycles. The highest BCUT2D eigenvalue weighted by Crippen LogP contribution is 2.47. The van der Waals surface area contributed by atoms with Crippen LogP contribution in [0.2, 0.25) is 0 Å². The molecule has 0 bridgehead atoms. The van der Waals surface area contributed by atoms with Crippen molar-refractivity contribution >= 4 is 38.3 Å². The molecule has 2 fully saturated rings. The topological polar surface area (TPSA) is 39.7 Å². The van der Waals surface area contributed by atoms with Crippen molar-refractivity contribution in [1.29, 1.82) is 0 Å². The maximum Gasteiger partial charge on any atom is 0.223 e. The first kappa shape index (κ1) is 20.2. The van der Waals surface area contributed by atoms with Crippen LogP contribution in [0.3, 0.4) is 0 Å². The normalized spacial score (nSPS) is 21.4. The van der Waals surface area contributed by atoms with Crippen molar-refractivity contribution in [1.82, 2.24) is 9.88 Å². The summed E-state index contributed by atoms with van der Waals surface area (Å²) in [7, 11) is 0. The number of nitrogens with zero attached hydrogens (tertiary/aromatic N) is 4. The van der Waals surface area contributed by atoms with Gasteiger partial charge in [0.15, 0.2) is 5.13 Å². The molecule has 3 aliphatic heterocycles. The van der Waals surface area contributed by atoms with Crippen LogP contribution < -0.4 is 9.80 Å². The van der Waals surface area contributed by atoms with Crippen molar-refractivity contribution in [2.45, 2.75) is 44.1 Å². The average Bonchev–Trinajstić information content (AvgIpc) is 3.40. The maximum atomic E-state index is 12.3. The monoisotopic (exact) mass is 446 g/mol. The molecular formula is C26H30N4OS. The second-order valence-corrected chi connectivity index (χ2v) is 10.6. The van der Waals surface area contributed by atoms with Crippen molar-refractivity contribution in [2.75, 3.05) is 42.5 Å². The Morgan fingerprint density at radius 3 is 2.47 bits per heavy atom. The molecule has 2 saturated heterocycles. The molecule has 0 atom stereocenters. The first-order valence-corrected chi connectivity index (χ1v) is 12.7. The van der Waals surface area contributed by atoms with Crippen LogP contribution in [0.25, 0.3) is 10.2 Å². The molecule has 1 amide bonds. The van der Waals surface area contributed by atoms with E-state index in [4.69, 9.17) is 4.98 Å². The number of fused-ring (bicyclic) bond motifs is 3. The van der Waals surface area contributed by atoms with Crippen molar-refractivity contribution < 1.29 is 4.79 Å². The zero-order valence-corrected chi connectivity index (χ0v) is 19.5. The molecular weight excluding hydrogens is 416 g/mol. The third kappa shape index (κ3) is 3.32. The number of carbonyl (C=O) groups excluding carboxylic acids is 1. The molecule has 6 rings (SSSR count). The second kappa shape index (κ2) is 7.85. The Bertz CT molecular complexity index is 1110. The number of para-hydroxylation sites is 2.